The number of nitrogens with one attached hydrogen (secondary N) is 1. The molecule has 1 aliphatic heterocycles. The largest absolute Gasteiger partial charge is 0.481 e. The molecule has 0 atom stereocenters. The van der Waals surface area contributed by atoms with Crippen molar-refractivity contribution in [3.63, 3.8) is 0 Å². The molecule has 1 fully saturated rings. The Morgan fingerprint density at radius 2 is 1.76 bits per heavy atom. The van der Waals surface area contributed by atoms with Crippen LogP contribution >= 0.6 is 11.8 Å². The highest BCUT2D eigenvalue weighted by molar-refractivity contribution is 8.00. The highest BCUT2D eigenvalue weighted by Gasteiger charge is 2.20. The monoisotopic (exact) mass is 356 g/mol. The minimum absolute atomic E-state index is 0.0915. The molecule has 4 nitrogen and oxygen atoms in total. The number of carboxylic acids is 1. The van der Waals surface area contributed by atoms with Crippen LogP contribution in [-0.2, 0) is 11.3 Å². The maximum absolute atomic E-state index is 10.8. The van der Waals surface area contributed by atoms with E-state index in [-0.39, 0.29) is 5.75 Å². The summed E-state index contributed by atoms with van der Waals surface area (Å²) in [6, 6.07) is 19.0. The lowest BCUT2D eigenvalue weighted by Gasteiger charge is -2.33. The number of thioether (sulfide) groups is 1. The molecular formula is C20H24N2O2S. The first-order valence-corrected chi connectivity index (χ1v) is 9.66. The number of rotatable bonds is 7. The Labute approximate surface area is 153 Å². The number of carbonyl (C=O) groups is 1. The van der Waals surface area contributed by atoms with Crippen molar-refractivity contribution < 1.29 is 9.90 Å². The fourth-order valence-electron chi connectivity index (χ4n) is 3.15. The van der Waals surface area contributed by atoms with Crippen LogP contribution in [-0.4, -0.2) is 40.9 Å². The molecule has 1 aliphatic rings. The van der Waals surface area contributed by atoms with Crippen LogP contribution in [0.4, 0.5) is 5.69 Å². The molecule has 5 heteroatoms. The molecule has 0 aromatic heterocycles. The number of para-hydroxylation sites is 1. The second-order valence-corrected chi connectivity index (χ2v) is 7.38. The summed E-state index contributed by atoms with van der Waals surface area (Å²) >= 11 is 1.37. The van der Waals surface area contributed by atoms with Gasteiger partial charge >= 0.3 is 5.97 Å². The number of hydrogen-bond acceptors (Lipinski definition) is 4. The van der Waals surface area contributed by atoms with Crippen LogP contribution in [0.25, 0.3) is 0 Å². The molecule has 1 heterocycles. The highest BCUT2D eigenvalue weighted by atomic mass is 32.2. The summed E-state index contributed by atoms with van der Waals surface area (Å²) in [5, 5.41) is 12.5. The quantitative estimate of drug-likeness (QED) is 0.736. The van der Waals surface area contributed by atoms with E-state index >= 15 is 0 Å². The van der Waals surface area contributed by atoms with Crippen molar-refractivity contribution in [2.24, 2.45) is 0 Å². The number of anilines is 1. The maximum Gasteiger partial charge on any atom is 0.313 e. The van der Waals surface area contributed by atoms with Crippen LogP contribution in [0, 0.1) is 0 Å². The van der Waals surface area contributed by atoms with E-state index in [2.05, 4.69) is 40.5 Å². The predicted molar refractivity (Wildman–Crippen MR) is 103 cm³/mol. The fraction of sp³-hybridized carbons (Fsp3) is 0.350. The Hall–Kier alpha value is -1.98. The van der Waals surface area contributed by atoms with Crippen molar-refractivity contribution >= 4 is 23.4 Å². The summed E-state index contributed by atoms with van der Waals surface area (Å²) in [5.74, 6) is -0.692. The van der Waals surface area contributed by atoms with Crippen LogP contribution in [0.15, 0.2) is 59.5 Å². The van der Waals surface area contributed by atoms with Crippen LogP contribution < -0.4 is 5.32 Å². The molecule has 2 aromatic carbocycles. The Balaban J connectivity index is 1.51. The van der Waals surface area contributed by atoms with E-state index < -0.39 is 5.97 Å². The first kappa shape index (κ1) is 17.8. The highest BCUT2D eigenvalue weighted by Crippen LogP contribution is 2.29. The summed E-state index contributed by atoms with van der Waals surface area (Å²) in [7, 11) is 0. The third-order valence-corrected chi connectivity index (χ3v) is 5.49. The van der Waals surface area contributed by atoms with Crippen LogP contribution in [0.5, 0.6) is 0 Å². The number of benzene rings is 2. The minimum Gasteiger partial charge on any atom is -0.481 e. The third-order valence-electron chi connectivity index (χ3n) is 4.43. The van der Waals surface area contributed by atoms with Gasteiger partial charge < -0.3 is 10.4 Å². The van der Waals surface area contributed by atoms with Gasteiger partial charge in [0.05, 0.1) is 5.75 Å². The third kappa shape index (κ3) is 5.51. The standard InChI is InChI=1S/C20H24N2O2S/c23-20(24)15-25-19-9-5-4-8-18(19)21-17-10-12-22(13-11-17)14-16-6-2-1-3-7-16/h1-9,17,21H,10-15H2,(H,23,24). The van der Waals surface area contributed by atoms with E-state index in [0.29, 0.717) is 6.04 Å². The molecule has 0 spiro atoms. The Morgan fingerprint density at radius 1 is 1.08 bits per heavy atom. The molecule has 0 aliphatic carbocycles. The number of piperidine rings is 1. The van der Waals surface area contributed by atoms with Crippen molar-refractivity contribution in [1.82, 2.24) is 4.90 Å². The van der Waals surface area contributed by atoms with Gasteiger partial charge in [0.1, 0.15) is 0 Å². The van der Waals surface area contributed by atoms with Gasteiger partial charge in [0.15, 0.2) is 0 Å². The normalized spacial score (nSPS) is 15.8. The van der Waals surface area contributed by atoms with E-state index in [1.807, 2.05) is 24.3 Å². The Bertz CT molecular complexity index is 685. The molecule has 0 amide bonds. The lowest BCUT2D eigenvalue weighted by Crippen LogP contribution is -2.38. The molecule has 0 saturated carbocycles. The van der Waals surface area contributed by atoms with Crippen molar-refractivity contribution in [1.29, 1.82) is 0 Å². The van der Waals surface area contributed by atoms with Gasteiger partial charge in [-0.1, -0.05) is 42.5 Å². The van der Waals surface area contributed by atoms with Crippen molar-refractivity contribution in [3.8, 4) is 0 Å². The minimum atomic E-state index is -0.783. The van der Waals surface area contributed by atoms with Gasteiger partial charge in [-0.2, -0.15) is 0 Å². The first-order valence-electron chi connectivity index (χ1n) is 8.67. The van der Waals surface area contributed by atoms with Crippen LogP contribution in [0.1, 0.15) is 18.4 Å². The van der Waals surface area contributed by atoms with E-state index in [4.69, 9.17) is 5.11 Å². The molecule has 0 radical (unpaired) electrons. The maximum atomic E-state index is 10.8. The fourth-order valence-corrected chi connectivity index (χ4v) is 3.88. The van der Waals surface area contributed by atoms with Crippen LogP contribution in [0.2, 0.25) is 0 Å². The van der Waals surface area contributed by atoms with Crippen molar-refractivity contribution in [2.45, 2.75) is 30.3 Å². The van der Waals surface area contributed by atoms with Gasteiger partial charge in [0, 0.05) is 36.3 Å². The van der Waals surface area contributed by atoms with E-state index in [0.717, 1.165) is 43.1 Å². The summed E-state index contributed by atoms with van der Waals surface area (Å²) in [6.45, 7) is 3.17. The number of likely N-dealkylation sites (tertiary alicyclic amines) is 1. The van der Waals surface area contributed by atoms with Gasteiger partial charge in [0.25, 0.3) is 0 Å². The molecule has 0 unspecified atom stereocenters. The Kier molecular flexibility index (Phi) is 6.36. The molecule has 25 heavy (non-hydrogen) atoms. The SMILES string of the molecule is O=C(O)CSc1ccccc1NC1CCN(Cc2ccccc2)CC1. The van der Waals surface area contributed by atoms with Crippen LogP contribution in [0.3, 0.4) is 0 Å². The zero-order valence-electron chi connectivity index (χ0n) is 14.2. The van der Waals surface area contributed by atoms with Gasteiger partial charge in [-0.15, -0.1) is 11.8 Å². The van der Waals surface area contributed by atoms with E-state index in [1.165, 1.54) is 17.3 Å². The molecular weight excluding hydrogens is 332 g/mol. The molecule has 0 bridgehead atoms. The Morgan fingerprint density at radius 3 is 2.48 bits per heavy atom. The van der Waals surface area contributed by atoms with Gasteiger partial charge in [-0.05, 0) is 30.5 Å². The zero-order chi connectivity index (χ0) is 17.5. The molecule has 3 rings (SSSR count). The topological polar surface area (TPSA) is 52.6 Å². The average Bonchev–Trinajstić information content (AvgIpc) is 2.63. The van der Waals surface area contributed by atoms with Gasteiger partial charge in [0.2, 0.25) is 0 Å². The van der Waals surface area contributed by atoms with Crippen molar-refractivity contribution in [3.05, 3.63) is 60.2 Å². The predicted octanol–water partition coefficient (Wildman–Crippen LogP) is 3.94. The number of aliphatic carboxylic acids is 1. The summed E-state index contributed by atoms with van der Waals surface area (Å²) < 4.78 is 0. The summed E-state index contributed by atoms with van der Waals surface area (Å²) in [4.78, 5) is 14.3. The number of nitrogens with zero attached hydrogens (tertiary/aromatic N) is 1. The number of hydrogen-bond donors (Lipinski definition) is 2. The molecule has 1 saturated heterocycles. The first-order chi connectivity index (χ1) is 12.2. The smallest absolute Gasteiger partial charge is 0.313 e. The lowest BCUT2D eigenvalue weighted by molar-refractivity contribution is -0.133. The second-order valence-electron chi connectivity index (χ2n) is 6.36. The zero-order valence-corrected chi connectivity index (χ0v) is 15.0. The second kappa shape index (κ2) is 8.92. The van der Waals surface area contributed by atoms with Crippen molar-refractivity contribution in [2.75, 3.05) is 24.2 Å². The molecule has 132 valence electrons. The number of carboxylic acid groups (broad SMARTS) is 1. The summed E-state index contributed by atoms with van der Waals surface area (Å²) in [6.07, 6.45) is 2.20. The van der Waals surface area contributed by atoms with E-state index in [9.17, 15) is 4.79 Å². The average molecular weight is 356 g/mol. The molecule has 2 aromatic rings. The summed E-state index contributed by atoms with van der Waals surface area (Å²) in [5.41, 5.74) is 2.42. The van der Waals surface area contributed by atoms with Gasteiger partial charge in [-0.25, -0.2) is 0 Å². The lowest BCUT2D eigenvalue weighted by atomic mass is 10.0. The van der Waals surface area contributed by atoms with Gasteiger partial charge in [-0.3, -0.25) is 9.69 Å². The van der Waals surface area contributed by atoms with E-state index in [1.54, 1.807) is 0 Å². The molecule has 2 N–H and O–H groups in total.